The van der Waals surface area contributed by atoms with Gasteiger partial charge in [-0.1, -0.05) is 11.3 Å². The number of anilines is 1. The maximum Gasteiger partial charge on any atom is 0.445 e. The monoisotopic (exact) mass is 284 g/mol. The molecule has 0 unspecified atom stereocenters. The fraction of sp³-hybridized carbons (Fsp3) is 0.429. The number of halogens is 3. The summed E-state index contributed by atoms with van der Waals surface area (Å²) >= 11 is 0.172. The van der Waals surface area contributed by atoms with Gasteiger partial charge in [0, 0.05) is 6.54 Å². The molecule has 100 valence electrons. The van der Waals surface area contributed by atoms with Crippen molar-refractivity contribution in [2.24, 2.45) is 0 Å². The summed E-state index contributed by atoms with van der Waals surface area (Å²) in [6.45, 7) is -0.147. The Balaban J connectivity index is 2.45. The van der Waals surface area contributed by atoms with Crippen LogP contribution in [0.5, 0.6) is 0 Å². The van der Waals surface area contributed by atoms with Crippen molar-refractivity contribution in [2.75, 3.05) is 11.9 Å². The number of carbonyl (C=O) groups excluding carboxylic acids is 1. The van der Waals surface area contributed by atoms with Crippen molar-refractivity contribution in [1.82, 2.24) is 15.5 Å². The van der Waals surface area contributed by atoms with E-state index in [1.54, 1.807) is 0 Å². The van der Waals surface area contributed by atoms with Gasteiger partial charge in [0.1, 0.15) is 0 Å². The van der Waals surface area contributed by atoms with E-state index in [1.807, 2.05) is 5.32 Å². The molecule has 0 aliphatic rings. The van der Waals surface area contributed by atoms with Gasteiger partial charge in [-0.15, -0.1) is 10.2 Å². The van der Waals surface area contributed by atoms with Crippen LogP contribution in [0, 0.1) is 0 Å². The zero-order valence-corrected chi connectivity index (χ0v) is 9.43. The highest BCUT2D eigenvalue weighted by Gasteiger charge is 2.35. The summed E-state index contributed by atoms with van der Waals surface area (Å²) in [5, 5.41) is 16.9. The van der Waals surface area contributed by atoms with Gasteiger partial charge in [0.25, 0.3) is 0 Å². The van der Waals surface area contributed by atoms with Gasteiger partial charge in [0.05, 0.1) is 6.42 Å². The van der Waals surface area contributed by atoms with Crippen LogP contribution in [0.15, 0.2) is 0 Å². The van der Waals surface area contributed by atoms with Crippen LogP contribution in [0.1, 0.15) is 11.4 Å². The molecule has 0 aromatic carbocycles. The molecule has 0 bridgehead atoms. The van der Waals surface area contributed by atoms with Crippen LogP contribution in [0.2, 0.25) is 0 Å². The van der Waals surface area contributed by atoms with Gasteiger partial charge in [-0.05, 0) is 0 Å². The number of rotatable bonds is 4. The molecule has 0 radical (unpaired) electrons. The minimum absolute atomic E-state index is 0.147. The number of aromatic nitrogens is 2. The summed E-state index contributed by atoms with van der Waals surface area (Å²) in [4.78, 5) is 21.2. The Labute approximate surface area is 102 Å². The van der Waals surface area contributed by atoms with Crippen LogP contribution >= 0.6 is 11.3 Å². The maximum atomic E-state index is 12.1. The van der Waals surface area contributed by atoms with Crippen molar-refractivity contribution in [1.29, 1.82) is 0 Å². The lowest BCUT2D eigenvalue weighted by Gasteiger charge is -2.02. The Morgan fingerprint density at radius 1 is 1.33 bits per heavy atom. The molecular weight excluding hydrogens is 277 g/mol. The summed E-state index contributed by atoms with van der Waals surface area (Å²) in [5.41, 5.74) is 0. The van der Waals surface area contributed by atoms with Crippen molar-refractivity contribution < 1.29 is 27.9 Å². The number of alkyl halides is 3. The number of carboxylic acids is 1. The first-order chi connectivity index (χ1) is 8.29. The third-order valence-corrected chi connectivity index (χ3v) is 2.40. The highest BCUT2D eigenvalue weighted by atomic mass is 32.1. The van der Waals surface area contributed by atoms with E-state index in [1.165, 1.54) is 0 Å². The van der Waals surface area contributed by atoms with Crippen molar-refractivity contribution >= 4 is 28.5 Å². The average Bonchev–Trinajstić information content (AvgIpc) is 2.64. The summed E-state index contributed by atoms with van der Waals surface area (Å²) < 4.78 is 36.4. The van der Waals surface area contributed by atoms with Gasteiger partial charge in [-0.25, -0.2) is 4.79 Å². The first-order valence-electron chi connectivity index (χ1n) is 4.46. The van der Waals surface area contributed by atoms with Crippen molar-refractivity contribution in [3.63, 3.8) is 0 Å². The van der Waals surface area contributed by atoms with Gasteiger partial charge >= 0.3 is 18.2 Å². The molecule has 0 saturated carbocycles. The van der Waals surface area contributed by atoms with E-state index in [9.17, 15) is 22.8 Å². The Kier molecular flexibility index (Phi) is 4.42. The fourth-order valence-corrected chi connectivity index (χ4v) is 1.42. The summed E-state index contributed by atoms with van der Waals surface area (Å²) in [6, 6.07) is -0.846. The molecule has 7 nitrogen and oxygen atoms in total. The number of aliphatic carboxylic acids is 1. The van der Waals surface area contributed by atoms with E-state index < -0.39 is 23.2 Å². The SMILES string of the molecule is O=C(O)CCNC(=O)Nc1nnc(C(F)(F)F)s1. The predicted molar refractivity (Wildman–Crippen MR) is 54.2 cm³/mol. The molecule has 0 saturated heterocycles. The minimum Gasteiger partial charge on any atom is -0.481 e. The van der Waals surface area contributed by atoms with E-state index in [-0.39, 0.29) is 29.4 Å². The van der Waals surface area contributed by atoms with Crippen LogP contribution in [0.4, 0.5) is 23.1 Å². The molecule has 2 amide bonds. The molecule has 18 heavy (non-hydrogen) atoms. The minimum atomic E-state index is -4.61. The van der Waals surface area contributed by atoms with Crippen molar-refractivity contribution in [3.8, 4) is 0 Å². The van der Waals surface area contributed by atoms with Gasteiger partial charge in [0.2, 0.25) is 10.1 Å². The molecule has 3 N–H and O–H groups in total. The smallest absolute Gasteiger partial charge is 0.445 e. The number of carboxylic acid groups (broad SMARTS) is 1. The quantitative estimate of drug-likeness (QED) is 0.769. The molecule has 0 fully saturated rings. The zero-order valence-electron chi connectivity index (χ0n) is 8.61. The molecule has 1 rings (SSSR count). The Hall–Kier alpha value is -1.91. The summed E-state index contributed by atoms with van der Waals surface area (Å²) in [6.07, 6.45) is -4.91. The average molecular weight is 284 g/mol. The second kappa shape index (κ2) is 5.62. The molecule has 0 spiro atoms. The maximum absolute atomic E-state index is 12.1. The number of nitrogens with zero attached hydrogens (tertiary/aromatic N) is 2. The third-order valence-electron chi connectivity index (χ3n) is 1.51. The van der Waals surface area contributed by atoms with Gasteiger partial charge < -0.3 is 10.4 Å². The lowest BCUT2D eigenvalue weighted by atomic mass is 10.4. The summed E-state index contributed by atoms with van der Waals surface area (Å²) in [7, 11) is 0. The number of amides is 2. The second-order valence-corrected chi connectivity index (χ2v) is 3.91. The first-order valence-corrected chi connectivity index (χ1v) is 5.28. The number of hydrogen-bond acceptors (Lipinski definition) is 5. The molecular formula is C7H7F3N4O3S. The van der Waals surface area contributed by atoms with Crippen molar-refractivity contribution in [3.05, 3.63) is 5.01 Å². The van der Waals surface area contributed by atoms with Crippen LogP contribution in [-0.4, -0.2) is 33.8 Å². The van der Waals surface area contributed by atoms with Crippen molar-refractivity contribution in [2.45, 2.75) is 12.6 Å². The zero-order chi connectivity index (χ0) is 13.8. The third kappa shape index (κ3) is 4.53. The number of hydrogen-bond donors (Lipinski definition) is 3. The Morgan fingerprint density at radius 2 is 2.00 bits per heavy atom. The Morgan fingerprint density at radius 3 is 2.50 bits per heavy atom. The lowest BCUT2D eigenvalue weighted by molar-refractivity contribution is -0.138. The molecule has 1 aromatic heterocycles. The predicted octanol–water partition coefficient (Wildman–Crippen LogP) is 1.15. The molecule has 1 heterocycles. The number of carbonyl (C=O) groups is 2. The normalized spacial score (nSPS) is 11.1. The van der Waals surface area contributed by atoms with Gasteiger partial charge in [-0.3, -0.25) is 10.1 Å². The van der Waals surface area contributed by atoms with E-state index in [0.29, 0.717) is 0 Å². The molecule has 1 aromatic rings. The van der Waals surface area contributed by atoms with E-state index >= 15 is 0 Å². The molecule has 11 heteroatoms. The molecule has 0 aliphatic heterocycles. The highest BCUT2D eigenvalue weighted by molar-refractivity contribution is 7.15. The van der Waals surface area contributed by atoms with Crippen LogP contribution < -0.4 is 10.6 Å². The van der Waals surface area contributed by atoms with E-state index in [0.717, 1.165) is 0 Å². The topological polar surface area (TPSA) is 104 Å². The molecule has 0 atom stereocenters. The second-order valence-electron chi connectivity index (χ2n) is 2.93. The Bertz CT molecular complexity index is 447. The van der Waals surface area contributed by atoms with Gasteiger partial charge in [0.15, 0.2) is 0 Å². The lowest BCUT2D eigenvalue weighted by Crippen LogP contribution is -2.30. The van der Waals surface area contributed by atoms with Crippen LogP contribution in [0.3, 0.4) is 0 Å². The summed E-state index contributed by atoms with van der Waals surface area (Å²) in [5.74, 6) is -1.11. The van der Waals surface area contributed by atoms with Crippen LogP contribution in [-0.2, 0) is 11.0 Å². The van der Waals surface area contributed by atoms with Crippen LogP contribution in [0.25, 0.3) is 0 Å². The molecule has 0 aliphatic carbocycles. The standard InChI is InChI=1S/C7H7F3N4O3S/c8-7(9,10)4-13-14-6(18-4)12-5(17)11-2-1-3(15)16/h1-2H2,(H,15,16)(H2,11,12,14,17). The van der Waals surface area contributed by atoms with E-state index in [4.69, 9.17) is 5.11 Å². The first kappa shape index (κ1) is 14.2. The number of urea groups is 1. The largest absolute Gasteiger partial charge is 0.481 e. The number of nitrogens with one attached hydrogen (secondary N) is 2. The van der Waals surface area contributed by atoms with Gasteiger partial charge in [-0.2, -0.15) is 13.2 Å². The fourth-order valence-electron chi connectivity index (χ4n) is 0.813. The van der Waals surface area contributed by atoms with E-state index in [2.05, 4.69) is 15.5 Å². The highest BCUT2D eigenvalue weighted by Crippen LogP contribution is 2.32.